The van der Waals surface area contributed by atoms with Crippen LogP contribution in [-0.4, -0.2) is 56.1 Å². The van der Waals surface area contributed by atoms with E-state index in [9.17, 15) is 22.4 Å². The zero-order valence-corrected chi connectivity index (χ0v) is 23.3. The van der Waals surface area contributed by atoms with Crippen molar-refractivity contribution in [2.75, 3.05) is 23.7 Å². The van der Waals surface area contributed by atoms with Crippen LogP contribution in [0.15, 0.2) is 48.5 Å². The number of nitrogens with one attached hydrogen (secondary N) is 1. The van der Waals surface area contributed by atoms with Gasteiger partial charge in [-0.1, -0.05) is 12.1 Å². The molecular formula is C27H38FN3O5S. The summed E-state index contributed by atoms with van der Waals surface area (Å²) in [5.74, 6) is -0.375. The normalized spacial score (nSPS) is 12.5. The fourth-order valence-electron chi connectivity index (χ4n) is 3.72. The molecule has 2 aromatic rings. The van der Waals surface area contributed by atoms with E-state index in [-0.39, 0.29) is 37.7 Å². The van der Waals surface area contributed by atoms with Gasteiger partial charge in [0.25, 0.3) is 0 Å². The number of carbonyl (C=O) groups excluding carboxylic acids is 2. The minimum absolute atomic E-state index is 0.0252. The van der Waals surface area contributed by atoms with Crippen LogP contribution in [0, 0.1) is 5.82 Å². The number of anilines is 1. The summed E-state index contributed by atoms with van der Waals surface area (Å²) < 4.78 is 45.0. The molecule has 10 heteroatoms. The number of sulfonamides is 1. The lowest BCUT2D eigenvalue weighted by Gasteiger charge is -2.32. The van der Waals surface area contributed by atoms with Gasteiger partial charge in [0.05, 0.1) is 18.6 Å². The quantitative estimate of drug-likeness (QED) is 0.442. The lowest BCUT2D eigenvalue weighted by atomic mass is 10.1. The van der Waals surface area contributed by atoms with Gasteiger partial charge in [0.1, 0.15) is 17.6 Å². The molecule has 0 bridgehead atoms. The second-order valence-corrected chi connectivity index (χ2v) is 11.8. The highest BCUT2D eigenvalue weighted by molar-refractivity contribution is 7.92. The molecule has 0 aliphatic heterocycles. The van der Waals surface area contributed by atoms with Gasteiger partial charge in [-0.15, -0.1) is 0 Å². The molecule has 0 heterocycles. The maximum Gasteiger partial charge on any atom is 0.242 e. The Labute approximate surface area is 219 Å². The molecule has 0 unspecified atom stereocenters. The summed E-state index contributed by atoms with van der Waals surface area (Å²) in [6.07, 6.45) is 1.38. The number of nitrogens with zero attached hydrogens (tertiary/aromatic N) is 2. The molecular weight excluding hydrogens is 497 g/mol. The summed E-state index contributed by atoms with van der Waals surface area (Å²) in [4.78, 5) is 27.6. The average Bonchev–Trinajstić information content (AvgIpc) is 2.80. The fraction of sp³-hybridized carbons (Fsp3) is 0.481. The van der Waals surface area contributed by atoms with Crippen LogP contribution in [0.1, 0.15) is 53.0 Å². The number of halogens is 1. The van der Waals surface area contributed by atoms with Crippen LogP contribution in [0.4, 0.5) is 10.1 Å². The van der Waals surface area contributed by atoms with E-state index in [1.54, 1.807) is 43.3 Å². The number of benzene rings is 2. The molecule has 0 aliphatic rings. The first-order chi connectivity index (χ1) is 17.2. The van der Waals surface area contributed by atoms with Crippen molar-refractivity contribution in [1.82, 2.24) is 10.2 Å². The van der Waals surface area contributed by atoms with Crippen molar-refractivity contribution in [2.24, 2.45) is 0 Å². The van der Waals surface area contributed by atoms with Crippen molar-refractivity contribution in [3.05, 3.63) is 59.9 Å². The van der Waals surface area contributed by atoms with E-state index in [1.165, 1.54) is 21.3 Å². The van der Waals surface area contributed by atoms with E-state index in [2.05, 4.69) is 5.32 Å². The smallest absolute Gasteiger partial charge is 0.242 e. The highest BCUT2D eigenvalue weighted by Gasteiger charge is 2.28. The van der Waals surface area contributed by atoms with E-state index in [0.29, 0.717) is 23.6 Å². The van der Waals surface area contributed by atoms with Crippen molar-refractivity contribution in [3.8, 4) is 5.75 Å². The Balaban J connectivity index is 2.17. The summed E-state index contributed by atoms with van der Waals surface area (Å²) >= 11 is 0. The topological polar surface area (TPSA) is 96.0 Å². The second kappa shape index (κ2) is 12.9. The lowest BCUT2D eigenvalue weighted by molar-refractivity contribution is -0.141. The molecule has 0 aliphatic carbocycles. The molecule has 0 aromatic heterocycles. The molecule has 0 spiro atoms. The SMILES string of the molecule is CCOc1ccc(N(CCCC(=O)N(Cc2ccc(F)cc2)[C@H](C)C(=O)NC(C)(C)C)S(C)(=O)=O)cc1. The third kappa shape index (κ3) is 9.68. The maximum atomic E-state index is 13.4. The van der Waals surface area contributed by atoms with E-state index in [4.69, 9.17) is 4.74 Å². The first-order valence-electron chi connectivity index (χ1n) is 12.3. The number of hydrogen-bond donors (Lipinski definition) is 1. The van der Waals surface area contributed by atoms with Crippen molar-refractivity contribution in [1.29, 1.82) is 0 Å². The number of ether oxygens (including phenoxy) is 1. The maximum absolute atomic E-state index is 13.4. The minimum atomic E-state index is -3.60. The first-order valence-corrected chi connectivity index (χ1v) is 14.1. The molecule has 2 aromatic carbocycles. The molecule has 2 rings (SSSR count). The Bertz CT molecular complexity index is 1150. The van der Waals surface area contributed by atoms with Gasteiger partial charge in [-0.25, -0.2) is 12.8 Å². The molecule has 0 saturated heterocycles. The molecule has 8 nitrogen and oxygen atoms in total. The second-order valence-electron chi connectivity index (χ2n) is 9.93. The van der Waals surface area contributed by atoms with Crippen molar-refractivity contribution >= 4 is 27.5 Å². The molecule has 0 saturated carbocycles. The first kappa shape index (κ1) is 30.1. The van der Waals surface area contributed by atoms with E-state index >= 15 is 0 Å². The van der Waals surface area contributed by atoms with Crippen LogP contribution < -0.4 is 14.4 Å². The summed E-state index contributed by atoms with van der Waals surface area (Å²) in [6, 6.07) is 11.7. The number of carbonyl (C=O) groups is 2. The van der Waals surface area contributed by atoms with Crippen LogP contribution in [-0.2, 0) is 26.2 Å². The number of hydrogen-bond acceptors (Lipinski definition) is 5. The lowest BCUT2D eigenvalue weighted by Crippen LogP contribution is -2.52. The van der Waals surface area contributed by atoms with Gasteiger partial charge in [-0.3, -0.25) is 13.9 Å². The van der Waals surface area contributed by atoms with Gasteiger partial charge in [-0.2, -0.15) is 0 Å². The third-order valence-electron chi connectivity index (χ3n) is 5.52. The fourth-order valence-corrected chi connectivity index (χ4v) is 4.69. The van der Waals surface area contributed by atoms with E-state index < -0.39 is 27.4 Å². The Kier molecular flexibility index (Phi) is 10.5. The Hall–Kier alpha value is -3.14. The van der Waals surface area contributed by atoms with Crippen LogP contribution in [0.5, 0.6) is 5.75 Å². The third-order valence-corrected chi connectivity index (χ3v) is 6.71. The predicted octanol–water partition coefficient (Wildman–Crippen LogP) is 4.10. The molecule has 37 heavy (non-hydrogen) atoms. The van der Waals surface area contributed by atoms with Gasteiger partial charge in [-0.05, 0) is 83.0 Å². The predicted molar refractivity (Wildman–Crippen MR) is 143 cm³/mol. The van der Waals surface area contributed by atoms with E-state index in [0.717, 1.165) is 6.26 Å². The molecule has 1 N–H and O–H groups in total. The van der Waals surface area contributed by atoms with Gasteiger partial charge >= 0.3 is 0 Å². The van der Waals surface area contributed by atoms with Crippen molar-refractivity contribution < 1.29 is 27.1 Å². The molecule has 0 fully saturated rings. The zero-order chi connectivity index (χ0) is 27.8. The van der Waals surface area contributed by atoms with Crippen LogP contribution >= 0.6 is 0 Å². The van der Waals surface area contributed by atoms with Gasteiger partial charge < -0.3 is 15.0 Å². The van der Waals surface area contributed by atoms with Crippen LogP contribution in [0.25, 0.3) is 0 Å². The van der Waals surface area contributed by atoms with Crippen LogP contribution in [0.2, 0.25) is 0 Å². The van der Waals surface area contributed by atoms with Gasteiger partial charge in [0.15, 0.2) is 0 Å². The Morgan fingerprint density at radius 1 is 1.05 bits per heavy atom. The molecule has 1 atom stereocenters. The van der Waals surface area contributed by atoms with Crippen LogP contribution in [0.3, 0.4) is 0 Å². The monoisotopic (exact) mass is 535 g/mol. The Morgan fingerprint density at radius 2 is 1.65 bits per heavy atom. The highest BCUT2D eigenvalue weighted by atomic mass is 32.2. The summed E-state index contributed by atoms with van der Waals surface area (Å²) in [7, 11) is -3.60. The average molecular weight is 536 g/mol. The molecule has 0 radical (unpaired) electrons. The van der Waals surface area contributed by atoms with Gasteiger partial charge in [0, 0.05) is 25.0 Å². The Morgan fingerprint density at radius 3 is 2.16 bits per heavy atom. The van der Waals surface area contributed by atoms with E-state index in [1.807, 2.05) is 27.7 Å². The number of amides is 2. The van der Waals surface area contributed by atoms with Crippen molar-refractivity contribution in [3.63, 3.8) is 0 Å². The molecule has 204 valence electrons. The summed E-state index contributed by atoms with van der Waals surface area (Å²) in [5.41, 5.74) is 0.667. The largest absolute Gasteiger partial charge is 0.494 e. The molecule has 2 amide bonds. The number of rotatable bonds is 12. The van der Waals surface area contributed by atoms with Gasteiger partial charge in [0.2, 0.25) is 21.8 Å². The summed E-state index contributed by atoms with van der Waals surface area (Å²) in [6.45, 7) is 9.77. The standard InChI is InChI=1S/C27H38FN3O5S/c1-7-36-24-16-14-23(15-17-24)31(37(6,34)35)18-8-9-25(32)30(19-21-10-12-22(28)13-11-21)20(2)26(33)29-27(3,4)5/h10-17,20H,7-9,18-19H2,1-6H3,(H,29,33)/t20-/m1/s1. The highest BCUT2D eigenvalue weighted by Crippen LogP contribution is 2.23. The minimum Gasteiger partial charge on any atom is -0.494 e. The summed E-state index contributed by atoms with van der Waals surface area (Å²) in [5, 5.41) is 2.89. The van der Waals surface area contributed by atoms with Crippen molar-refractivity contribution in [2.45, 2.75) is 65.6 Å². The zero-order valence-electron chi connectivity index (χ0n) is 22.5.